The molecule has 0 bridgehead atoms. The van der Waals surface area contributed by atoms with Crippen LogP contribution in [0, 0.1) is 5.82 Å². The van der Waals surface area contributed by atoms with Crippen molar-refractivity contribution in [2.45, 2.75) is 18.8 Å². The highest BCUT2D eigenvalue weighted by molar-refractivity contribution is 5.79. The third kappa shape index (κ3) is 3.83. The molecule has 1 aliphatic rings. The third-order valence-electron chi connectivity index (χ3n) is 4.97. The number of benzene rings is 1. The molecule has 1 amide bonds. The van der Waals surface area contributed by atoms with Gasteiger partial charge in [0.05, 0.1) is 12.1 Å². The van der Waals surface area contributed by atoms with Crippen LogP contribution in [0.2, 0.25) is 0 Å². The maximum Gasteiger partial charge on any atom is 0.251 e. The molecule has 1 fully saturated rings. The second-order valence-corrected chi connectivity index (χ2v) is 6.85. The van der Waals surface area contributed by atoms with E-state index in [0.29, 0.717) is 30.2 Å². The molecule has 0 aliphatic carbocycles. The zero-order valence-electron chi connectivity index (χ0n) is 15.1. The molecule has 3 heterocycles. The maximum absolute atomic E-state index is 13.8. The van der Waals surface area contributed by atoms with Crippen LogP contribution in [0.3, 0.4) is 0 Å². The molecule has 0 radical (unpaired) electrons. The molecule has 0 spiro atoms. The highest BCUT2D eigenvalue weighted by Crippen LogP contribution is 2.27. The molecule has 28 heavy (non-hydrogen) atoms. The van der Waals surface area contributed by atoms with Crippen molar-refractivity contribution in [3.63, 3.8) is 0 Å². The van der Waals surface area contributed by atoms with E-state index < -0.39 is 0 Å². The SMILES string of the molecule is O=C(Cc1ccccc1F)N1CC[C@H](c2cc(=O)[nH]c(-c3ccncc3)n2)C1. The van der Waals surface area contributed by atoms with Gasteiger partial charge in [-0.25, -0.2) is 9.37 Å². The van der Waals surface area contributed by atoms with Gasteiger partial charge in [0.25, 0.3) is 5.56 Å². The molecule has 2 aromatic heterocycles. The highest BCUT2D eigenvalue weighted by atomic mass is 19.1. The van der Waals surface area contributed by atoms with Crippen molar-refractivity contribution >= 4 is 5.91 Å². The predicted octanol–water partition coefficient (Wildman–Crippen LogP) is 2.53. The largest absolute Gasteiger partial charge is 0.342 e. The van der Waals surface area contributed by atoms with Crippen LogP contribution in [0.15, 0.2) is 59.7 Å². The molecule has 4 rings (SSSR count). The van der Waals surface area contributed by atoms with Crippen LogP contribution in [0.1, 0.15) is 23.6 Å². The quantitative estimate of drug-likeness (QED) is 0.757. The summed E-state index contributed by atoms with van der Waals surface area (Å²) in [5, 5.41) is 0. The smallest absolute Gasteiger partial charge is 0.251 e. The van der Waals surface area contributed by atoms with Crippen LogP contribution in [0.25, 0.3) is 11.4 Å². The number of aromatic amines is 1. The average Bonchev–Trinajstić information content (AvgIpc) is 3.20. The Morgan fingerprint density at radius 3 is 2.79 bits per heavy atom. The third-order valence-corrected chi connectivity index (χ3v) is 4.97. The van der Waals surface area contributed by atoms with Gasteiger partial charge in [-0.3, -0.25) is 14.6 Å². The van der Waals surface area contributed by atoms with Gasteiger partial charge in [0.15, 0.2) is 0 Å². The van der Waals surface area contributed by atoms with E-state index in [-0.39, 0.29) is 29.6 Å². The second-order valence-electron chi connectivity index (χ2n) is 6.85. The standard InChI is InChI=1S/C21H19FN4O2/c22-17-4-2-1-3-15(17)11-20(28)26-10-7-16(13-26)18-12-19(27)25-21(24-18)14-5-8-23-9-6-14/h1-6,8-9,12,16H,7,10-11,13H2,(H,24,25,27)/t16-/m0/s1. The first-order valence-electron chi connectivity index (χ1n) is 9.13. The van der Waals surface area contributed by atoms with Crippen LogP contribution in [-0.4, -0.2) is 38.8 Å². The van der Waals surface area contributed by atoms with Crippen molar-refractivity contribution in [3.05, 3.63) is 82.3 Å². The van der Waals surface area contributed by atoms with E-state index >= 15 is 0 Å². The topological polar surface area (TPSA) is 79.0 Å². The minimum Gasteiger partial charge on any atom is -0.342 e. The number of aromatic nitrogens is 3. The number of nitrogens with one attached hydrogen (secondary N) is 1. The molecular formula is C21H19FN4O2. The van der Waals surface area contributed by atoms with Gasteiger partial charge in [0, 0.05) is 43.0 Å². The Balaban J connectivity index is 1.50. The Bertz CT molecular complexity index is 1050. The Morgan fingerprint density at radius 1 is 1.21 bits per heavy atom. The molecule has 1 aromatic carbocycles. The van der Waals surface area contributed by atoms with Crippen molar-refractivity contribution in [2.24, 2.45) is 0 Å². The van der Waals surface area contributed by atoms with E-state index in [2.05, 4.69) is 15.0 Å². The molecular weight excluding hydrogens is 359 g/mol. The Hall–Kier alpha value is -3.35. The summed E-state index contributed by atoms with van der Waals surface area (Å²) in [5.41, 5.74) is 1.61. The molecule has 0 unspecified atom stereocenters. The molecule has 0 saturated carbocycles. The fourth-order valence-corrected chi connectivity index (χ4v) is 3.48. The zero-order chi connectivity index (χ0) is 19.5. The van der Waals surface area contributed by atoms with E-state index in [4.69, 9.17) is 0 Å². The first-order valence-corrected chi connectivity index (χ1v) is 9.13. The Morgan fingerprint density at radius 2 is 2.00 bits per heavy atom. The average molecular weight is 378 g/mol. The summed E-state index contributed by atoms with van der Waals surface area (Å²) < 4.78 is 13.8. The summed E-state index contributed by atoms with van der Waals surface area (Å²) in [6.07, 6.45) is 4.03. The van der Waals surface area contributed by atoms with Gasteiger partial charge in [-0.15, -0.1) is 0 Å². The number of amides is 1. The summed E-state index contributed by atoms with van der Waals surface area (Å²) in [4.78, 5) is 37.7. The predicted molar refractivity (Wildman–Crippen MR) is 102 cm³/mol. The lowest BCUT2D eigenvalue weighted by Gasteiger charge is -2.17. The maximum atomic E-state index is 13.8. The normalized spacial score (nSPS) is 16.3. The molecule has 1 aliphatic heterocycles. The van der Waals surface area contributed by atoms with E-state index in [9.17, 15) is 14.0 Å². The number of H-pyrrole nitrogens is 1. The number of pyridine rings is 1. The summed E-state index contributed by atoms with van der Waals surface area (Å²) in [6.45, 7) is 1.04. The molecule has 142 valence electrons. The van der Waals surface area contributed by atoms with Gasteiger partial charge in [-0.1, -0.05) is 18.2 Å². The van der Waals surface area contributed by atoms with Gasteiger partial charge in [-0.2, -0.15) is 0 Å². The monoisotopic (exact) mass is 378 g/mol. The summed E-state index contributed by atoms with van der Waals surface area (Å²) in [5.74, 6) is -0.0230. The lowest BCUT2D eigenvalue weighted by atomic mass is 10.0. The van der Waals surface area contributed by atoms with Crippen molar-refractivity contribution in [1.82, 2.24) is 19.9 Å². The van der Waals surface area contributed by atoms with Gasteiger partial charge in [0.1, 0.15) is 11.6 Å². The van der Waals surface area contributed by atoms with Gasteiger partial charge >= 0.3 is 0 Å². The van der Waals surface area contributed by atoms with E-state index in [1.807, 2.05) is 0 Å². The second kappa shape index (κ2) is 7.72. The molecule has 6 nitrogen and oxygen atoms in total. The Labute approximate surface area is 161 Å². The van der Waals surface area contributed by atoms with Crippen molar-refractivity contribution in [3.8, 4) is 11.4 Å². The fourth-order valence-electron chi connectivity index (χ4n) is 3.48. The fraction of sp³-hybridized carbons (Fsp3) is 0.238. The number of carbonyl (C=O) groups is 1. The minimum atomic E-state index is -0.371. The number of rotatable bonds is 4. The minimum absolute atomic E-state index is 0.0209. The van der Waals surface area contributed by atoms with E-state index in [1.54, 1.807) is 47.6 Å². The molecule has 7 heteroatoms. The van der Waals surface area contributed by atoms with Crippen LogP contribution < -0.4 is 5.56 Å². The van der Waals surface area contributed by atoms with Crippen molar-refractivity contribution in [2.75, 3.05) is 13.1 Å². The number of likely N-dealkylation sites (tertiary alicyclic amines) is 1. The van der Waals surface area contributed by atoms with Crippen molar-refractivity contribution in [1.29, 1.82) is 0 Å². The highest BCUT2D eigenvalue weighted by Gasteiger charge is 2.29. The summed E-state index contributed by atoms with van der Waals surface area (Å²) in [6, 6.07) is 11.4. The summed E-state index contributed by atoms with van der Waals surface area (Å²) >= 11 is 0. The van der Waals surface area contributed by atoms with Crippen LogP contribution in [-0.2, 0) is 11.2 Å². The molecule has 3 aromatic rings. The van der Waals surface area contributed by atoms with Gasteiger partial charge in [-0.05, 0) is 30.2 Å². The molecule has 1 N–H and O–H groups in total. The molecule has 1 atom stereocenters. The first kappa shape index (κ1) is 18.0. The number of halogens is 1. The number of hydrogen-bond donors (Lipinski definition) is 1. The van der Waals surface area contributed by atoms with E-state index in [0.717, 1.165) is 12.0 Å². The van der Waals surface area contributed by atoms with E-state index in [1.165, 1.54) is 12.1 Å². The van der Waals surface area contributed by atoms with Crippen LogP contribution in [0.5, 0.6) is 0 Å². The zero-order valence-corrected chi connectivity index (χ0v) is 15.1. The van der Waals surface area contributed by atoms with Crippen molar-refractivity contribution < 1.29 is 9.18 Å². The van der Waals surface area contributed by atoms with Crippen LogP contribution in [0.4, 0.5) is 4.39 Å². The number of carbonyl (C=O) groups excluding carboxylic acids is 1. The number of hydrogen-bond acceptors (Lipinski definition) is 4. The lowest BCUT2D eigenvalue weighted by Crippen LogP contribution is -2.30. The van der Waals surface area contributed by atoms with Gasteiger partial charge in [0.2, 0.25) is 5.91 Å². The Kier molecular flexibility index (Phi) is 4.97. The number of nitrogens with zero attached hydrogens (tertiary/aromatic N) is 3. The van der Waals surface area contributed by atoms with Crippen LogP contribution >= 0.6 is 0 Å². The first-order chi connectivity index (χ1) is 13.6. The molecule has 1 saturated heterocycles. The lowest BCUT2D eigenvalue weighted by molar-refractivity contribution is -0.129. The summed E-state index contributed by atoms with van der Waals surface area (Å²) in [7, 11) is 0. The van der Waals surface area contributed by atoms with Gasteiger partial charge < -0.3 is 9.88 Å².